The van der Waals surface area contributed by atoms with E-state index in [1.165, 1.54) is 11.8 Å². The molecular weight excluding hydrogens is 372 g/mol. The summed E-state index contributed by atoms with van der Waals surface area (Å²) >= 11 is 0. The van der Waals surface area contributed by atoms with Crippen molar-refractivity contribution in [2.75, 3.05) is 39.4 Å². The first-order valence-electron chi connectivity index (χ1n) is 9.87. The Morgan fingerprint density at radius 3 is 2.59 bits per heavy atom. The summed E-state index contributed by atoms with van der Waals surface area (Å²) in [6.07, 6.45) is 0. The number of nitrogens with one attached hydrogen (secondary N) is 2. The van der Waals surface area contributed by atoms with Crippen molar-refractivity contribution in [2.24, 2.45) is 0 Å². The molecule has 0 bridgehead atoms. The van der Waals surface area contributed by atoms with Gasteiger partial charge >= 0.3 is 5.97 Å². The quantitative estimate of drug-likeness (QED) is 0.503. The number of furan rings is 1. The predicted molar refractivity (Wildman–Crippen MR) is 108 cm³/mol. The Balaban J connectivity index is 1.65. The molecule has 2 aromatic carbocycles. The van der Waals surface area contributed by atoms with E-state index in [1.54, 1.807) is 13.0 Å². The van der Waals surface area contributed by atoms with Crippen LogP contribution in [-0.4, -0.2) is 51.3 Å². The van der Waals surface area contributed by atoms with Crippen LogP contribution in [0, 0.1) is 6.92 Å². The number of hydrogen-bond donors (Lipinski definition) is 2. The van der Waals surface area contributed by atoms with Gasteiger partial charge in [0, 0.05) is 23.1 Å². The maximum atomic E-state index is 12.9. The number of quaternary nitrogens is 1. The second-order valence-corrected chi connectivity index (χ2v) is 7.29. The van der Waals surface area contributed by atoms with Gasteiger partial charge in [-0.05, 0) is 13.0 Å². The van der Waals surface area contributed by atoms with Gasteiger partial charge in [0.1, 0.15) is 30.2 Å². The molecule has 7 heteroatoms. The van der Waals surface area contributed by atoms with Gasteiger partial charge in [-0.3, -0.25) is 9.59 Å². The van der Waals surface area contributed by atoms with Crippen LogP contribution in [0.5, 0.6) is 5.75 Å². The molecular formula is C22H25N2O5+. The number of morpholine rings is 1. The molecule has 0 spiro atoms. The Labute approximate surface area is 168 Å². The number of esters is 1. The fraction of sp³-hybridized carbons (Fsp3) is 0.364. The maximum absolute atomic E-state index is 12.9. The molecule has 3 aromatic rings. The molecule has 1 aliphatic heterocycles. The van der Waals surface area contributed by atoms with Crippen LogP contribution in [0.1, 0.15) is 23.0 Å². The van der Waals surface area contributed by atoms with Crippen molar-refractivity contribution < 1.29 is 28.4 Å². The van der Waals surface area contributed by atoms with E-state index in [-0.39, 0.29) is 5.91 Å². The summed E-state index contributed by atoms with van der Waals surface area (Å²) in [5.41, 5.74) is 1.11. The summed E-state index contributed by atoms with van der Waals surface area (Å²) < 4.78 is 16.7. The van der Waals surface area contributed by atoms with Gasteiger partial charge in [-0.15, -0.1) is 0 Å². The highest BCUT2D eigenvalue weighted by Crippen LogP contribution is 2.37. The number of carbonyl (C=O) groups excluding carboxylic acids is 2. The highest BCUT2D eigenvalue weighted by atomic mass is 16.5. The fourth-order valence-corrected chi connectivity index (χ4v) is 3.88. The molecule has 0 atom stereocenters. The molecule has 0 radical (unpaired) electrons. The zero-order valence-corrected chi connectivity index (χ0v) is 16.7. The van der Waals surface area contributed by atoms with Crippen LogP contribution in [0.2, 0.25) is 0 Å². The number of amides is 1. The summed E-state index contributed by atoms with van der Waals surface area (Å²) in [5, 5.41) is 5.23. The minimum absolute atomic E-state index is 0.182. The minimum Gasteiger partial charge on any atom is -0.460 e. The summed E-state index contributed by atoms with van der Waals surface area (Å²) in [5.74, 6) is 0.377. The maximum Gasteiger partial charge on any atom is 0.308 e. The molecule has 1 fully saturated rings. The first kappa shape index (κ1) is 19.4. The van der Waals surface area contributed by atoms with Gasteiger partial charge in [-0.1, -0.05) is 24.3 Å². The van der Waals surface area contributed by atoms with Crippen LogP contribution in [0.3, 0.4) is 0 Å². The molecule has 152 valence electrons. The van der Waals surface area contributed by atoms with Crippen molar-refractivity contribution in [3.8, 4) is 5.75 Å². The molecule has 29 heavy (non-hydrogen) atoms. The highest BCUT2D eigenvalue weighted by molar-refractivity contribution is 6.16. The van der Waals surface area contributed by atoms with Crippen molar-refractivity contribution in [1.29, 1.82) is 0 Å². The number of rotatable bonds is 5. The molecule has 0 aliphatic carbocycles. The van der Waals surface area contributed by atoms with Crippen molar-refractivity contribution in [2.45, 2.75) is 13.8 Å². The van der Waals surface area contributed by atoms with Crippen LogP contribution in [0.4, 0.5) is 0 Å². The summed E-state index contributed by atoms with van der Waals surface area (Å²) in [4.78, 5) is 25.9. The van der Waals surface area contributed by atoms with Crippen molar-refractivity contribution in [3.63, 3.8) is 0 Å². The summed E-state index contributed by atoms with van der Waals surface area (Å²) in [7, 11) is 0. The third-order valence-electron chi connectivity index (χ3n) is 5.28. The Hall–Kier alpha value is -2.90. The summed E-state index contributed by atoms with van der Waals surface area (Å²) in [6.45, 7) is 8.02. The topological polar surface area (TPSA) is 82.2 Å². The Morgan fingerprint density at radius 2 is 1.86 bits per heavy atom. The molecule has 4 rings (SSSR count). The molecule has 2 heterocycles. The number of ether oxygens (including phenoxy) is 2. The highest BCUT2D eigenvalue weighted by Gasteiger charge is 2.22. The van der Waals surface area contributed by atoms with E-state index in [9.17, 15) is 9.59 Å². The first-order chi connectivity index (χ1) is 14.0. The minimum atomic E-state index is -0.408. The molecule has 1 saturated heterocycles. The first-order valence-corrected chi connectivity index (χ1v) is 9.87. The summed E-state index contributed by atoms with van der Waals surface area (Å²) in [6, 6.07) is 9.26. The van der Waals surface area contributed by atoms with E-state index in [1.807, 2.05) is 24.3 Å². The standard InChI is InChI=1S/C22H24N2O5/c1-14-20(22(26)23-7-8-24-9-11-27-12-10-24)18-13-19(29-15(2)25)16-5-3-4-6-17(16)21(18)28-14/h3-6,13H,7-12H2,1-2H3,(H,23,26)/p+1. The predicted octanol–water partition coefficient (Wildman–Crippen LogP) is 1.46. The van der Waals surface area contributed by atoms with Crippen LogP contribution in [0.15, 0.2) is 34.7 Å². The van der Waals surface area contributed by atoms with Crippen molar-refractivity contribution in [1.82, 2.24) is 5.32 Å². The third-order valence-corrected chi connectivity index (χ3v) is 5.28. The molecule has 1 amide bonds. The van der Waals surface area contributed by atoms with Crippen LogP contribution in [-0.2, 0) is 9.53 Å². The molecule has 1 aromatic heterocycles. The average Bonchev–Trinajstić information content (AvgIpc) is 3.04. The van der Waals surface area contributed by atoms with Crippen molar-refractivity contribution >= 4 is 33.6 Å². The monoisotopic (exact) mass is 397 g/mol. The normalized spacial score (nSPS) is 15.0. The number of benzene rings is 2. The van der Waals surface area contributed by atoms with Gasteiger partial charge in [-0.2, -0.15) is 0 Å². The zero-order valence-electron chi connectivity index (χ0n) is 16.7. The van der Waals surface area contributed by atoms with E-state index >= 15 is 0 Å². The van der Waals surface area contributed by atoms with E-state index in [0.29, 0.717) is 34.6 Å². The molecule has 1 aliphatic rings. The average molecular weight is 397 g/mol. The third kappa shape index (κ3) is 3.97. The smallest absolute Gasteiger partial charge is 0.308 e. The van der Waals surface area contributed by atoms with Gasteiger partial charge < -0.3 is 24.1 Å². The lowest BCUT2D eigenvalue weighted by atomic mass is 10.0. The van der Waals surface area contributed by atoms with Crippen LogP contribution < -0.4 is 15.0 Å². The lowest BCUT2D eigenvalue weighted by molar-refractivity contribution is -0.906. The van der Waals surface area contributed by atoms with E-state index < -0.39 is 5.97 Å². The zero-order chi connectivity index (χ0) is 20.4. The van der Waals surface area contributed by atoms with Gasteiger partial charge in [0.15, 0.2) is 0 Å². The van der Waals surface area contributed by atoms with Crippen LogP contribution >= 0.6 is 0 Å². The second kappa shape index (κ2) is 8.23. The van der Waals surface area contributed by atoms with E-state index in [0.717, 1.165) is 43.6 Å². The largest absolute Gasteiger partial charge is 0.460 e. The second-order valence-electron chi connectivity index (χ2n) is 7.29. The Morgan fingerprint density at radius 1 is 1.14 bits per heavy atom. The Bertz CT molecular complexity index is 1070. The molecule has 0 unspecified atom stereocenters. The van der Waals surface area contributed by atoms with Crippen molar-refractivity contribution in [3.05, 3.63) is 41.7 Å². The molecule has 2 N–H and O–H groups in total. The molecule has 0 saturated carbocycles. The van der Waals surface area contributed by atoms with Gasteiger partial charge in [0.2, 0.25) is 0 Å². The lowest BCUT2D eigenvalue weighted by Gasteiger charge is -2.23. The van der Waals surface area contributed by atoms with E-state index in [2.05, 4.69) is 5.32 Å². The molecule has 7 nitrogen and oxygen atoms in total. The Kier molecular flexibility index (Phi) is 5.51. The SMILES string of the molecule is CC(=O)Oc1cc2c(C(=O)NCC[NH+]3CCOCC3)c(C)oc2c2ccccc12. The number of aryl methyl sites for hydroxylation is 1. The van der Waals surface area contributed by atoms with Gasteiger partial charge in [-0.25, -0.2) is 0 Å². The number of carbonyl (C=O) groups is 2. The fourth-order valence-electron chi connectivity index (χ4n) is 3.88. The number of hydrogen-bond acceptors (Lipinski definition) is 5. The van der Waals surface area contributed by atoms with E-state index in [4.69, 9.17) is 13.9 Å². The van der Waals surface area contributed by atoms with Gasteiger partial charge in [0.05, 0.1) is 31.9 Å². The van der Waals surface area contributed by atoms with Crippen LogP contribution in [0.25, 0.3) is 21.7 Å². The van der Waals surface area contributed by atoms with Gasteiger partial charge in [0.25, 0.3) is 5.91 Å². The lowest BCUT2D eigenvalue weighted by Crippen LogP contribution is -3.14. The number of fused-ring (bicyclic) bond motifs is 3.